The van der Waals surface area contributed by atoms with E-state index in [4.69, 9.17) is 10.00 Å². The van der Waals surface area contributed by atoms with Crippen molar-refractivity contribution >= 4 is 5.69 Å². The molecule has 2 aromatic rings. The molecule has 94 valence electrons. The summed E-state index contributed by atoms with van der Waals surface area (Å²) < 4.78 is 5.73. The average molecular weight is 251 g/mol. The van der Waals surface area contributed by atoms with Gasteiger partial charge in [-0.15, -0.1) is 0 Å². The van der Waals surface area contributed by atoms with Gasteiger partial charge in [-0.25, -0.2) is 4.98 Å². The predicted molar refractivity (Wildman–Crippen MR) is 71.9 cm³/mol. The van der Waals surface area contributed by atoms with Crippen molar-refractivity contribution in [3.8, 4) is 11.8 Å². The van der Waals surface area contributed by atoms with Gasteiger partial charge in [-0.3, -0.25) is 0 Å². The number of nitriles is 1. The molecule has 1 aliphatic heterocycles. The zero-order valence-corrected chi connectivity index (χ0v) is 10.4. The van der Waals surface area contributed by atoms with Crippen LogP contribution in [0.5, 0.6) is 5.75 Å². The van der Waals surface area contributed by atoms with Crippen molar-refractivity contribution in [2.45, 2.75) is 6.54 Å². The summed E-state index contributed by atoms with van der Waals surface area (Å²) in [6, 6.07) is 13.8. The second-order valence-electron chi connectivity index (χ2n) is 4.39. The number of rotatable bonds is 1. The van der Waals surface area contributed by atoms with E-state index in [0.29, 0.717) is 12.3 Å². The van der Waals surface area contributed by atoms with Gasteiger partial charge < -0.3 is 9.64 Å². The maximum Gasteiger partial charge on any atom is 0.140 e. The van der Waals surface area contributed by atoms with E-state index in [1.807, 2.05) is 30.3 Å². The summed E-state index contributed by atoms with van der Waals surface area (Å²) in [5, 5.41) is 8.77. The molecule has 2 heterocycles. The highest BCUT2D eigenvalue weighted by Crippen LogP contribution is 2.25. The van der Waals surface area contributed by atoms with Gasteiger partial charge in [0.25, 0.3) is 0 Å². The first-order valence-electron chi connectivity index (χ1n) is 6.18. The van der Waals surface area contributed by atoms with E-state index in [1.165, 1.54) is 5.56 Å². The zero-order chi connectivity index (χ0) is 13.1. The molecule has 0 aliphatic carbocycles. The van der Waals surface area contributed by atoms with Crippen LogP contribution in [-0.2, 0) is 6.54 Å². The lowest BCUT2D eigenvalue weighted by Crippen LogP contribution is -2.25. The molecule has 3 rings (SSSR count). The molecule has 0 radical (unpaired) electrons. The molecule has 0 spiro atoms. The number of nitrogens with zero attached hydrogens (tertiary/aromatic N) is 3. The molecule has 0 saturated heterocycles. The number of fused-ring (bicyclic) bond motifs is 1. The van der Waals surface area contributed by atoms with Crippen LogP contribution in [0.25, 0.3) is 0 Å². The highest BCUT2D eigenvalue weighted by atomic mass is 16.5. The largest absolute Gasteiger partial charge is 0.491 e. The molecule has 4 heteroatoms. The summed E-state index contributed by atoms with van der Waals surface area (Å²) in [5.74, 6) is 0.951. The number of hydrogen-bond donors (Lipinski definition) is 0. The van der Waals surface area contributed by atoms with Gasteiger partial charge in [0.15, 0.2) is 0 Å². The number of para-hydroxylation sites is 1. The third-order valence-corrected chi connectivity index (χ3v) is 3.18. The summed E-state index contributed by atoms with van der Waals surface area (Å²) in [5.41, 5.74) is 2.62. The maximum absolute atomic E-state index is 8.77. The Kier molecular flexibility index (Phi) is 3.03. The standard InChI is InChI=1S/C15H13N3O/c16-9-13-5-6-14(10-17-13)18-7-8-19-15-4-2-1-3-12(15)11-18/h1-6,10H,7-8,11H2. The Hall–Kier alpha value is -2.54. The summed E-state index contributed by atoms with van der Waals surface area (Å²) in [6.45, 7) is 2.25. The van der Waals surface area contributed by atoms with E-state index >= 15 is 0 Å². The Labute approximate surface area is 111 Å². The van der Waals surface area contributed by atoms with Gasteiger partial charge in [0.1, 0.15) is 24.1 Å². The summed E-state index contributed by atoms with van der Waals surface area (Å²) in [7, 11) is 0. The number of anilines is 1. The van der Waals surface area contributed by atoms with Gasteiger partial charge in [-0.1, -0.05) is 18.2 Å². The summed E-state index contributed by atoms with van der Waals surface area (Å²) in [6.07, 6.45) is 1.74. The van der Waals surface area contributed by atoms with Crippen molar-refractivity contribution in [2.75, 3.05) is 18.1 Å². The van der Waals surface area contributed by atoms with Crippen LogP contribution in [0.1, 0.15) is 11.3 Å². The summed E-state index contributed by atoms with van der Waals surface area (Å²) >= 11 is 0. The third kappa shape index (κ3) is 2.36. The van der Waals surface area contributed by atoms with Crippen LogP contribution in [0, 0.1) is 11.3 Å². The first-order valence-corrected chi connectivity index (χ1v) is 6.18. The van der Waals surface area contributed by atoms with E-state index < -0.39 is 0 Å². The number of pyridine rings is 1. The molecule has 0 amide bonds. The van der Waals surface area contributed by atoms with E-state index in [2.05, 4.69) is 16.0 Å². The second-order valence-corrected chi connectivity index (χ2v) is 4.39. The van der Waals surface area contributed by atoms with Crippen LogP contribution >= 0.6 is 0 Å². The van der Waals surface area contributed by atoms with E-state index in [9.17, 15) is 0 Å². The van der Waals surface area contributed by atoms with Gasteiger partial charge in [0, 0.05) is 12.1 Å². The molecular formula is C15H13N3O. The number of aromatic nitrogens is 1. The Morgan fingerprint density at radius 1 is 1.21 bits per heavy atom. The van der Waals surface area contributed by atoms with Gasteiger partial charge in [-0.2, -0.15) is 5.26 Å². The van der Waals surface area contributed by atoms with Crippen LogP contribution < -0.4 is 9.64 Å². The smallest absolute Gasteiger partial charge is 0.140 e. The minimum Gasteiger partial charge on any atom is -0.491 e. The first kappa shape index (κ1) is 11.5. The van der Waals surface area contributed by atoms with Gasteiger partial charge in [0.2, 0.25) is 0 Å². The van der Waals surface area contributed by atoms with Crippen LogP contribution in [0.3, 0.4) is 0 Å². The third-order valence-electron chi connectivity index (χ3n) is 3.18. The second kappa shape index (κ2) is 4.99. The maximum atomic E-state index is 8.77. The van der Waals surface area contributed by atoms with E-state index in [-0.39, 0.29) is 0 Å². The molecule has 1 aromatic carbocycles. The van der Waals surface area contributed by atoms with E-state index in [1.54, 1.807) is 12.3 Å². The minimum absolute atomic E-state index is 0.440. The molecule has 1 aromatic heterocycles. The van der Waals surface area contributed by atoms with Gasteiger partial charge >= 0.3 is 0 Å². The molecule has 19 heavy (non-hydrogen) atoms. The van der Waals surface area contributed by atoms with Crippen molar-refractivity contribution < 1.29 is 4.74 Å². The fraction of sp³-hybridized carbons (Fsp3) is 0.200. The average Bonchev–Trinajstić information content (AvgIpc) is 2.69. The molecule has 0 unspecified atom stereocenters. The number of hydrogen-bond acceptors (Lipinski definition) is 4. The topological polar surface area (TPSA) is 49.2 Å². The molecule has 0 atom stereocenters. The Morgan fingerprint density at radius 2 is 2.11 bits per heavy atom. The van der Waals surface area contributed by atoms with Crippen molar-refractivity contribution in [2.24, 2.45) is 0 Å². The van der Waals surface area contributed by atoms with Crippen LogP contribution in [0.15, 0.2) is 42.6 Å². The number of benzene rings is 1. The monoisotopic (exact) mass is 251 g/mol. The summed E-state index contributed by atoms with van der Waals surface area (Å²) in [4.78, 5) is 6.32. The van der Waals surface area contributed by atoms with Crippen molar-refractivity contribution in [1.29, 1.82) is 5.26 Å². The molecule has 0 N–H and O–H groups in total. The van der Waals surface area contributed by atoms with Crippen molar-refractivity contribution in [3.05, 3.63) is 53.9 Å². The lowest BCUT2D eigenvalue weighted by Gasteiger charge is -2.21. The van der Waals surface area contributed by atoms with Crippen LogP contribution in [0.2, 0.25) is 0 Å². The highest BCUT2D eigenvalue weighted by molar-refractivity contribution is 5.48. The molecule has 0 bridgehead atoms. The molecule has 4 nitrogen and oxygen atoms in total. The van der Waals surface area contributed by atoms with Crippen LogP contribution in [-0.4, -0.2) is 18.1 Å². The normalized spacial score (nSPS) is 13.9. The fourth-order valence-corrected chi connectivity index (χ4v) is 2.19. The highest BCUT2D eigenvalue weighted by Gasteiger charge is 2.15. The molecule has 0 fully saturated rings. The van der Waals surface area contributed by atoms with Crippen LogP contribution in [0.4, 0.5) is 5.69 Å². The SMILES string of the molecule is N#Cc1ccc(N2CCOc3ccccc3C2)cn1. The van der Waals surface area contributed by atoms with Crippen molar-refractivity contribution in [1.82, 2.24) is 4.98 Å². The van der Waals surface area contributed by atoms with Crippen molar-refractivity contribution in [3.63, 3.8) is 0 Å². The molecule has 0 saturated carbocycles. The fourth-order valence-electron chi connectivity index (χ4n) is 2.19. The lowest BCUT2D eigenvalue weighted by atomic mass is 10.2. The lowest BCUT2D eigenvalue weighted by molar-refractivity contribution is 0.331. The quantitative estimate of drug-likeness (QED) is 0.780. The van der Waals surface area contributed by atoms with Gasteiger partial charge in [0.05, 0.1) is 18.4 Å². The Balaban J connectivity index is 1.88. The molecule has 1 aliphatic rings. The van der Waals surface area contributed by atoms with E-state index in [0.717, 1.165) is 24.5 Å². The van der Waals surface area contributed by atoms with Gasteiger partial charge in [-0.05, 0) is 18.2 Å². The Morgan fingerprint density at radius 3 is 2.89 bits per heavy atom. The number of ether oxygens (including phenoxy) is 1. The minimum atomic E-state index is 0.440. The Bertz CT molecular complexity index is 616. The molecular weight excluding hydrogens is 238 g/mol. The first-order chi connectivity index (χ1) is 9.36. The zero-order valence-electron chi connectivity index (χ0n) is 10.4. The predicted octanol–water partition coefficient (Wildman–Crippen LogP) is 2.35.